The van der Waals surface area contributed by atoms with Crippen LogP contribution in [0.2, 0.25) is 0 Å². The number of aliphatic imine (C=N–C) groups is 1. The largest absolute Gasteiger partial charge is 0.459 e. The summed E-state index contributed by atoms with van der Waals surface area (Å²) in [6.07, 6.45) is -3.23. The summed E-state index contributed by atoms with van der Waals surface area (Å²) in [5, 5.41) is 3.83. The minimum atomic E-state index is -4.71. The number of nitrogens with zero attached hydrogens (tertiary/aromatic N) is 4. The summed E-state index contributed by atoms with van der Waals surface area (Å²) in [6.45, 7) is 9.37. The van der Waals surface area contributed by atoms with Crippen LogP contribution in [0.25, 0.3) is 11.0 Å². The van der Waals surface area contributed by atoms with Gasteiger partial charge in [-0.25, -0.2) is 4.99 Å². The van der Waals surface area contributed by atoms with Crippen molar-refractivity contribution in [1.29, 1.82) is 0 Å². The minimum absolute atomic E-state index is 0.0402. The van der Waals surface area contributed by atoms with Gasteiger partial charge in [0.25, 0.3) is 5.95 Å². The monoisotopic (exact) mass is 405 g/mol. The normalized spacial score (nSPS) is 13.6. The lowest BCUT2D eigenvalue weighted by Gasteiger charge is -2.13. The van der Waals surface area contributed by atoms with Gasteiger partial charge in [-0.15, -0.1) is 0 Å². The van der Waals surface area contributed by atoms with E-state index in [0.29, 0.717) is 5.76 Å². The first-order valence-electron chi connectivity index (χ1n) is 9.18. The Kier molecular flexibility index (Phi) is 5.59. The maximum Gasteiger partial charge on any atom is 0.451 e. The molecule has 0 saturated carbocycles. The third-order valence-corrected chi connectivity index (χ3v) is 4.26. The van der Waals surface area contributed by atoms with Gasteiger partial charge < -0.3 is 9.73 Å². The first-order chi connectivity index (χ1) is 13.5. The lowest BCUT2D eigenvalue weighted by atomic mass is 10.1. The van der Waals surface area contributed by atoms with Gasteiger partial charge in [-0.3, -0.25) is 0 Å². The molecule has 0 aliphatic rings. The molecule has 0 amide bonds. The second-order valence-electron chi connectivity index (χ2n) is 7.26. The Labute approximate surface area is 166 Å². The van der Waals surface area contributed by atoms with Gasteiger partial charge in [-0.2, -0.15) is 28.1 Å². The molecule has 1 N–H and O–H groups in total. The number of hydrogen-bond acceptors (Lipinski definition) is 6. The summed E-state index contributed by atoms with van der Waals surface area (Å²) in [5.74, 6) is -1.21. The lowest BCUT2D eigenvalue weighted by Crippen LogP contribution is -2.16. The van der Waals surface area contributed by atoms with Crippen molar-refractivity contribution < 1.29 is 17.6 Å². The molecule has 1 unspecified atom stereocenters. The van der Waals surface area contributed by atoms with E-state index in [1.165, 1.54) is 6.21 Å². The van der Waals surface area contributed by atoms with Gasteiger partial charge >= 0.3 is 6.18 Å². The average Bonchev–Trinajstić information content (AvgIpc) is 3.09. The van der Waals surface area contributed by atoms with Crippen LogP contribution in [0.4, 0.5) is 25.1 Å². The predicted octanol–water partition coefficient (Wildman–Crippen LogP) is 5.78. The molecule has 2 heterocycles. The summed E-state index contributed by atoms with van der Waals surface area (Å²) < 4.78 is 45.5. The molecule has 1 atom stereocenters. The third kappa shape index (κ3) is 4.72. The molecule has 3 aromatic rings. The fraction of sp³-hybridized carbons (Fsp3) is 0.400. The van der Waals surface area contributed by atoms with Crippen molar-refractivity contribution in [3.8, 4) is 0 Å². The summed E-state index contributed by atoms with van der Waals surface area (Å²) in [4.78, 5) is 14.8. The van der Waals surface area contributed by atoms with Gasteiger partial charge in [-0.05, 0) is 43.9 Å². The minimum Gasteiger partial charge on any atom is -0.459 e. The van der Waals surface area contributed by atoms with Crippen molar-refractivity contribution in [2.24, 2.45) is 10.9 Å². The van der Waals surface area contributed by atoms with Crippen LogP contribution < -0.4 is 5.32 Å². The highest BCUT2D eigenvalue weighted by atomic mass is 19.4. The molecule has 29 heavy (non-hydrogen) atoms. The van der Waals surface area contributed by atoms with Crippen molar-refractivity contribution >= 4 is 29.1 Å². The standard InChI is InChI=1S/C20H22F3N5O/c1-10(2)9-24-18-26-17(20(21,22)23)27-19(28-18)25-13(5)15-8-14-11(3)6-7-12(4)16(14)29-15/h6-10,13H,1-5H3,(H,25,26,27,28). The zero-order chi connectivity index (χ0) is 21.3. The number of aryl methyl sites for hydroxylation is 2. The fourth-order valence-corrected chi connectivity index (χ4v) is 2.72. The highest BCUT2D eigenvalue weighted by Crippen LogP contribution is 2.31. The van der Waals surface area contributed by atoms with Crippen molar-refractivity contribution in [3.05, 3.63) is 40.9 Å². The van der Waals surface area contributed by atoms with E-state index in [1.807, 2.05) is 45.9 Å². The second-order valence-corrected chi connectivity index (χ2v) is 7.26. The molecule has 0 spiro atoms. The number of furan rings is 1. The molecule has 6 nitrogen and oxygen atoms in total. The molecular weight excluding hydrogens is 383 g/mol. The van der Waals surface area contributed by atoms with E-state index in [-0.39, 0.29) is 17.8 Å². The SMILES string of the molecule is Cc1ccc(C)c2oc(C(C)Nc3nc(N=CC(C)C)nc(C(F)(F)F)n3)cc12. The molecule has 0 aliphatic carbocycles. The van der Waals surface area contributed by atoms with Crippen molar-refractivity contribution in [2.75, 3.05) is 5.32 Å². The summed E-state index contributed by atoms with van der Waals surface area (Å²) in [5.41, 5.74) is 2.79. The predicted molar refractivity (Wildman–Crippen MR) is 106 cm³/mol. The summed E-state index contributed by atoms with van der Waals surface area (Å²) >= 11 is 0. The number of rotatable bonds is 5. The van der Waals surface area contributed by atoms with E-state index in [9.17, 15) is 13.2 Å². The van der Waals surface area contributed by atoms with Gasteiger partial charge in [0.2, 0.25) is 11.8 Å². The van der Waals surface area contributed by atoms with E-state index in [1.54, 1.807) is 6.92 Å². The maximum absolute atomic E-state index is 13.2. The topological polar surface area (TPSA) is 76.2 Å². The Morgan fingerprint density at radius 1 is 1.07 bits per heavy atom. The second kappa shape index (κ2) is 7.81. The Bertz CT molecular complexity index is 1020. The molecule has 1 aromatic carbocycles. The van der Waals surface area contributed by atoms with Crippen LogP contribution in [0.15, 0.2) is 27.6 Å². The first kappa shape index (κ1) is 20.8. The number of fused-ring (bicyclic) bond motifs is 1. The zero-order valence-corrected chi connectivity index (χ0v) is 16.8. The maximum atomic E-state index is 13.2. The van der Waals surface area contributed by atoms with E-state index in [0.717, 1.165) is 22.1 Å². The van der Waals surface area contributed by atoms with Crippen LogP contribution >= 0.6 is 0 Å². The average molecular weight is 405 g/mol. The highest BCUT2D eigenvalue weighted by molar-refractivity contribution is 5.84. The van der Waals surface area contributed by atoms with Crippen LogP contribution in [-0.2, 0) is 6.18 Å². The molecule has 0 radical (unpaired) electrons. The molecule has 2 aromatic heterocycles. The van der Waals surface area contributed by atoms with Crippen LogP contribution in [-0.4, -0.2) is 21.2 Å². The number of hydrogen-bond donors (Lipinski definition) is 1. The van der Waals surface area contributed by atoms with Crippen LogP contribution in [0.1, 0.15) is 49.5 Å². The Morgan fingerprint density at radius 2 is 1.76 bits per heavy atom. The molecule has 0 bridgehead atoms. The first-order valence-corrected chi connectivity index (χ1v) is 9.18. The number of benzene rings is 1. The lowest BCUT2D eigenvalue weighted by molar-refractivity contribution is -0.144. The van der Waals surface area contributed by atoms with Crippen LogP contribution in [0, 0.1) is 19.8 Å². The van der Waals surface area contributed by atoms with E-state index in [2.05, 4.69) is 25.3 Å². The van der Waals surface area contributed by atoms with E-state index < -0.39 is 18.0 Å². The van der Waals surface area contributed by atoms with Crippen LogP contribution in [0.5, 0.6) is 0 Å². The molecule has 9 heteroatoms. The fourth-order valence-electron chi connectivity index (χ4n) is 2.72. The van der Waals surface area contributed by atoms with Gasteiger partial charge in [0.15, 0.2) is 0 Å². The molecule has 0 aliphatic heterocycles. The van der Waals surface area contributed by atoms with Gasteiger partial charge in [0.1, 0.15) is 11.3 Å². The Hall–Kier alpha value is -2.97. The number of anilines is 1. The number of alkyl halides is 3. The Balaban J connectivity index is 1.95. The smallest absolute Gasteiger partial charge is 0.451 e. The molecular formula is C20H22F3N5O. The molecule has 154 valence electrons. The zero-order valence-electron chi connectivity index (χ0n) is 16.8. The van der Waals surface area contributed by atoms with Crippen molar-refractivity contribution in [3.63, 3.8) is 0 Å². The van der Waals surface area contributed by atoms with Crippen molar-refractivity contribution in [2.45, 2.75) is 46.8 Å². The molecule has 0 fully saturated rings. The van der Waals surface area contributed by atoms with Gasteiger partial charge in [0, 0.05) is 11.6 Å². The van der Waals surface area contributed by atoms with Crippen molar-refractivity contribution in [1.82, 2.24) is 15.0 Å². The number of nitrogens with one attached hydrogen (secondary N) is 1. The van der Waals surface area contributed by atoms with E-state index >= 15 is 0 Å². The van der Waals surface area contributed by atoms with Gasteiger partial charge in [0.05, 0.1) is 6.04 Å². The number of halogens is 3. The third-order valence-electron chi connectivity index (χ3n) is 4.26. The summed E-state index contributed by atoms with van der Waals surface area (Å²) in [7, 11) is 0. The quantitative estimate of drug-likeness (QED) is 0.544. The van der Waals surface area contributed by atoms with Gasteiger partial charge in [-0.1, -0.05) is 26.0 Å². The summed E-state index contributed by atoms with van der Waals surface area (Å²) in [6, 6.07) is 5.37. The molecule has 3 rings (SSSR count). The Morgan fingerprint density at radius 3 is 2.38 bits per heavy atom. The number of aromatic nitrogens is 3. The van der Waals surface area contributed by atoms with Crippen LogP contribution in [0.3, 0.4) is 0 Å². The van der Waals surface area contributed by atoms with E-state index in [4.69, 9.17) is 4.42 Å². The highest BCUT2D eigenvalue weighted by Gasteiger charge is 2.36. The molecule has 0 saturated heterocycles.